The van der Waals surface area contributed by atoms with Crippen molar-refractivity contribution in [3.05, 3.63) is 63.9 Å². The summed E-state index contributed by atoms with van der Waals surface area (Å²) in [6.07, 6.45) is 1.01. The first-order valence-electron chi connectivity index (χ1n) is 7.87. The number of amides is 1. The molecular weight excluding hydrogens is 400 g/mol. The molecule has 0 fully saturated rings. The summed E-state index contributed by atoms with van der Waals surface area (Å²) in [7, 11) is 0. The minimum absolute atomic E-state index is 0.0538. The fourth-order valence-electron chi connectivity index (χ4n) is 2.21. The Morgan fingerprint density at radius 1 is 1.16 bits per heavy atom. The van der Waals surface area contributed by atoms with Gasteiger partial charge in [0.25, 0.3) is 5.91 Å². The molecule has 0 saturated carbocycles. The smallest absolute Gasteiger partial charge is 0.264 e. The molecule has 1 aromatic heterocycles. The number of carbonyl (C=O) groups excluding carboxylic acids is 1. The Balaban J connectivity index is 1.56. The van der Waals surface area contributed by atoms with Crippen LogP contribution in [0.2, 0.25) is 0 Å². The first kappa shape index (κ1) is 17.6. The number of nitrogens with one attached hydrogen (secondary N) is 1. The molecule has 0 atom stereocenters. The van der Waals surface area contributed by atoms with Gasteiger partial charge in [-0.05, 0) is 36.2 Å². The third-order valence-electron chi connectivity index (χ3n) is 3.59. The zero-order chi connectivity index (χ0) is 17.6. The van der Waals surface area contributed by atoms with Crippen LogP contribution in [-0.4, -0.2) is 17.5 Å². The van der Waals surface area contributed by atoms with Crippen molar-refractivity contribution >= 4 is 38.3 Å². The molecule has 0 bridgehead atoms. The summed E-state index contributed by atoms with van der Waals surface area (Å²) in [6, 6.07) is 15.6. The van der Waals surface area contributed by atoms with Crippen molar-refractivity contribution < 1.29 is 9.53 Å². The molecule has 1 heterocycles. The van der Waals surface area contributed by atoms with Crippen LogP contribution < -0.4 is 10.1 Å². The molecule has 0 aliphatic rings. The maximum absolute atomic E-state index is 12.0. The lowest BCUT2D eigenvalue weighted by molar-refractivity contribution is -0.118. The SMILES string of the molecule is CCc1ccc(-c2csc(NC(=O)COc3ccc(Br)cc3)n2)cc1. The second kappa shape index (κ2) is 8.27. The van der Waals surface area contributed by atoms with E-state index in [1.54, 1.807) is 12.1 Å². The first-order chi connectivity index (χ1) is 12.1. The molecule has 2 aromatic carbocycles. The van der Waals surface area contributed by atoms with Crippen molar-refractivity contribution in [3.63, 3.8) is 0 Å². The largest absolute Gasteiger partial charge is 0.484 e. The van der Waals surface area contributed by atoms with Gasteiger partial charge in [0, 0.05) is 15.4 Å². The lowest BCUT2D eigenvalue weighted by Crippen LogP contribution is -2.20. The van der Waals surface area contributed by atoms with E-state index in [-0.39, 0.29) is 12.5 Å². The number of anilines is 1. The fraction of sp³-hybridized carbons (Fsp3) is 0.158. The van der Waals surface area contributed by atoms with E-state index in [0.717, 1.165) is 22.2 Å². The lowest BCUT2D eigenvalue weighted by Gasteiger charge is -2.05. The van der Waals surface area contributed by atoms with E-state index in [9.17, 15) is 4.79 Å². The fourth-order valence-corrected chi connectivity index (χ4v) is 3.21. The van der Waals surface area contributed by atoms with Crippen LogP contribution in [0.4, 0.5) is 5.13 Å². The highest BCUT2D eigenvalue weighted by Crippen LogP contribution is 2.25. The molecular formula is C19H17BrN2O2S. The van der Waals surface area contributed by atoms with E-state index >= 15 is 0 Å². The van der Waals surface area contributed by atoms with Crippen molar-refractivity contribution in [1.29, 1.82) is 0 Å². The van der Waals surface area contributed by atoms with Gasteiger partial charge < -0.3 is 4.74 Å². The molecule has 1 N–H and O–H groups in total. The van der Waals surface area contributed by atoms with Crippen LogP contribution in [0.15, 0.2) is 58.4 Å². The standard InChI is InChI=1S/C19H17BrN2O2S/c1-2-13-3-5-14(6-4-13)17-12-25-19(21-17)22-18(23)11-24-16-9-7-15(20)8-10-16/h3-10,12H,2,11H2,1H3,(H,21,22,23). The Morgan fingerprint density at radius 2 is 1.88 bits per heavy atom. The summed E-state index contributed by atoms with van der Waals surface area (Å²) >= 11 is 4.76. The Labute approximate surface area is 159 Å². The molecule has 128 valence electrons. The van der Waals surface area contributed by atoms with E-state index < -0.39 is 0 Å². The van der Waals surface area contributed by atoms with E-state index in [0.29, 0.717) is 10.9 Å². The van der Waals surface area contributed by atoms with Crippen LogP contribution in [0.1, 0.15) is 12.5 Å². The molecule has 0 radical (unpaired) electrons. The lowest BCUT2D eigenvalue weighted by atomic mass is 10.1. The predicted molar refractivity (Wildman–Crippen MR) is 105 cm³/mol. The van der Waals surface area contributed by atoms with Gasteiger partial charge >= 0.3 is 0 Å². The molecule has 0 unspecified atom stereocenters. The van der Waals surface area contributed by atoms with Gasteiger partial charge in [-0.2, -0.15) is 0 Å². The number of benzene rings is 2. The van der Waals surface area contributed by atoms with Gasteiger partial charge in [-0.3, -0.25) is 10.1 Å². The van der Waals surface area contributed by atoms with Gasteiger partial charge in [-0.15, -0.1) is 11.3 Å². The second-order valence-electron chi connectivity index (χ2n) is 5.38. The van der Waals surface area contributed by atoms with Crippen molar-refractivity contribution in [2.45, 2.75) is 13.3 Å². The molecule has 0 aliphatic carbocycles. The van der Waals surface area contributed by atoms with E-state index in [4.69, 9.17) is 4.74 Å². The number of carbonyl (C=O) groups is 1. The van der Waals surface area contributed by atoms with Crippen LogP contribution in [0.25, 0.3) is 11.3 Å². The quantitative estimate of drug-likeness (QED) is 0.603. The van der Waals surface area contributed by atoms with Gasteiger partial charge in [-0.1, -0.05) is 47.1 Å². The minimum Gasteiger partial charge on any atom is -0.484 e. The molecule has 0 spiro atoms. The Kier molecular flexibility index (Phi) is 5.83. The van der Waals surface area contributed by atoms with Crippen LogP contribution in [0.5, 0.6) is 5.75 Å². The molecule has 3 aromatic rings. The van der Waals surface area contributed by atoms with Gasteiger partial charge in [0.05, 0.1) is 5.69 Å². The summed E-state index contributed by atoms with van der Waals surface area (Å²) in [6.45, 7) is 2.07. The number of hydrogen-bond acceptors (Lipinski definition) is 4. The maximum Gasteiger partial charge on any atom is 0.264 e. The summed E-state index contributed by atoms with van der Waals surface area (Å²) < 4.78 is 6.42. The molecule has 0 aliphatic heterocycles. The molecule has 0 saturated heterocycles. The molecule has 6 heteroatoms. The van der Waals surface area contributed by atoms with E-state index in [1.807, 2.05) is 17.5 Å². The monoisotopic (exact) mass is 416 g/mol. The summed E-state index contributed by atoms with van der Waals surface area (Å²) in [5.41, 5.74) is 3.19. The highest BCUT2D eigenvalue weighted by Gasteiger charge is 2.09. The Bertz CT molecular complexity index is 845. The molecule has 1 amide bonds. The predicted octanol–water partition coefficient (Wildman–Crippen LogP) is 5.15. The van der Waals surface area contributed by atoms with Crippen molar-refractivity contribution in [2.24, 2.45) is 0 Å². The third kappa shape index (κ3) is 4.90. The summed E-state index contributed by atoms with van der Waals surface area (Å²) in [4.78, 5) is 16.5. The normalized spacial score (nSPS) is 10.5. The number of aromatic nitrogens is 1. The van der Waals surface area contributed by atoms with E-state index in [1.165, 1.54) is 16.9 Å². The average Bonchev–Trinajstić information content (AvgIpc) is 3.10. The number of halogens is 1. The van der Waals surface area contributed by atoms with Crippen LogP contribution in [0.3, 0.4) is 0 Å². The number of aryl methyl sites for hydroxylation is 1. The summed E-state index contributed by atoms with van der Waals surface area (Å²) in [5.74, 6) is 0.416. The summed E-state index contributed by atoms with van der Waals surface area (Å²) in [5, 5.41) is 5.28. The Hall–Kier alpha value is -2.18. The van der Waals surface area contributed by atoms with Crippen molar-refractivity contribution in [2.75, 3.05) is 11.9 Å². The average molecular weight is 417 g/mol. The third-order valence-corrected chi connectivity index (χ3v) is 4.88. The van der Waals surface area contributed by atoms with Gasteiger partial charge in [0.1, 0.15) is 5.75 Å². The van der Waals surface area contributed by atoms with Gasteiger partial charge in [-0.25, -0.2) is 4.98 Å². The van der Waals surface area contributed by atoms with Gasteiger partial charge in [0.2, 0.25) is 0 Å². The molecule has 3 rings (SSSR count). The zero-order valence-corrected chi connectivity index (χ0v) is 16.1. The number of rotatable bonds is 6. The van der Waals surface area contributed by atoms with Crippen LogP contribution in [0, 0.1) is 0 Å². The zero-order valence-electron chi connectivity index (χ0n) is 13.7. The Morgan fingerprint density at radius 3 is 2.56 bits per heavy atom. The molecule has 25 heavy (non-hydrogen) atoms. The second-order valence-corrected chi connectivity index (χ2v) is 7.15. The minimum atomic E-state index is -0.231. The first-order valence-corrected chi connectivity index (χ1v) is 9.54. The number of thiazole rings is 1. The number of hydrogen-bond donors (Lipinski definition) is 1. The number of nitrogens with zero attached hydrogens (tertiary/aromatic N) is 1. The topological polar surface area (TPSA) is 51.2 Å². The maximum atomic E-state index is 12.0. The van der Waals surface area contributed by atoms with E-state index in [2.05, 4.69) is 57.4 Å². The number of ether oxygens (including phenoxy) is 1. The highest BCUT2D eigenvalue weighted by atomic mass is 79.9. The van der Waals surface area contributed by atoms with Gasteiger partial charge in [0.15, 0.2) is 11.7 Å². The van der Waals surface area contributed by atoms with Crippen molar-refractivity contribution in [1.82, 2.24) is 4.98 Å². The van der Waals surface area contributed by atoms with Crippen LogP contribution >= 0.6 is 27.3 Å². The highest BCUT2D eigenvalue weighted by molar-refractivity contribution is 9.10. The molecule has 4 nitrogen and oxygen atoms in total. The van der Waals surface area contributed by atoms with Crippen molar-refractivity contribution in [3.8, 4) is 17.0 Å². The van der Waals surface area contributed by atoms with Crippen LogP contribution in [-0.2, 0) is 11.2 Å².